The number of aliphatic hydroxyl groups is 2. The number of unbranched alkanes of at least 4 members (excludes halogenated alkanes) is 36. The third-order valence-electron chi connectivity index (χ3n) is 12.5. The zero-order valence-electron chi connectivity index (χ0n) is 40.9. The van der Waals surface area contributed by atoms with Crippen molar-refractivity contribution in [2.24, 2.45) is 0 Å². The van der Waals surface area contributed by atoms with Crippen molar-refractivity contribution in [3.63, 3.8) is 0 Å². The Morgan fingerprint density at radius 2 is 0.803 bits per heavy atom. The lowest BCUT2D eigenvalue weighted by Gasteiger charge is -2.22. The minimum atomic E-state index is -0.669. The molecule has 0 spiro atoms. The molecule has 6 nitrogen and oxygen atoms in total. The number of nitrogens with one attached hydrogen (secondary N) is 1. The number of aliphatic hydroxyl groups excluding tert-OH is 2. The Hall–Kier alpha value is -1.66. The Labute approximate surface area is 380 Å². The molecule has 0 heterocycles. The molecule has 0 aromatic rings. The summed E-state index contributed by atoms with van der Waals surface area (Å²) in [5.41, 5.74) is 0. The van der Waals surface area contributed by atoms with Crippen molar-refractivity contribution in [1.29, 1.82) is 0 Å². The topological polar surface area (TPSA) is 95.9 Å². The quantitative estimate of drug-likeness (QED) is 0.0322. The summed E-state index contributed by atoms with van der Waals surface area (Å²) in [5, 5.41) is 23.2. The third kappa shape index (κ3) is 47.7. The fourth-order valence-electron chi connectivity index (χ4n) is 8.34. The van der Waals surface area contributed by atoms with E-state index in [-0.39, 0.29) is 18.5 Å². The molecule has 61 heavy (non-hydrogen) atoms. The molecular weight excluding hydrogens is 755 g/mol. The van der Waals surface area contributed by atoms with Crippen LogP contribution in [-0.2, 0) is 14.3 Å². The molecule has 2 atom stereocenters. The number of hydrogen-bond donors (Lipinski definition) is 3. The average molecular weight is 860 g/mol. The molecule has 0 aliphatic heterocycles. The van der Waals surface area contributed by atoms with E-state index in [2.05, 4.69) is 43.5 Å². The predicted molar refractivity (Wildman–Crippen MR) is 264 cm³/mol. The summed E-state index contributed by atoms with van der Waals surface area (Å²) in [6.45, 7) is 4.91. The lowest BCUT2D eigenvalue weighted by molar-refractivity contribution is -0.143. The largest absolute Gasteiger partial charge is 0.466 e. The summed E-state index contributed by atoms with van der Waals surface area (Å²) in [5.74, 6) is -0.0574. The number of ether oxygens (including phenoxy) is 1. The first-order valence-electron chi connectivity index (χ1n) is 27.1. The number of carbonyl (C=O) groups is 2. The van der Waals surface area contributed by atoms with Crippen LogP contribution in [0.25, 0.3) is 0 Å². The first-order valence-corrected chi connectivity index (χ1v) is 27.1. The number of carbonyl (C=O) groups excluding carboxylic acids is 2. The number of hydrogen-bond acceptors (Lipinski definition) is 5. The number of allylic oxidation sites excluding steroid dienone is 4. The molecule has 0 saturated carbocycles. The van der Waals surface area contributed by atoms with Crippen LogP contribution in [0, 0.1) is 0 Å². The third-order valence-corrected chi connectivity index (χ3v) is 12.5. The van der Waals surface area contributed by atoms with Crippen LogP contribution in [0.1, 0.15) is 290 Å². The van der Waals surface area contributed by atoms with Gasteiger partial charge in [0.05, 0.1) is 25.4 Å². The minimum absolute atomic E-state index is 0.0128. The van der Waals surface area contributed by atoms with Gasteiger partial charge in [-0.1, -0.05) is 244 Å². The van der Waals surface area contributed by atoms with Crippen LogP contribution in [0.3, 0.4) is 0 Å². The molecule has 2 unspecified atom stereocenters. The second kappa shape index (κ2) is 51.0. The van der Waals surface area contributed by atoms with Crippen molar-refractivity contribution in [2.45, 2.75) is 302 Å². The Bertz CT molecular complexity index is 951. The summed E-state index contributed by atoms with van der Waals surface area (Å²) < 4.78 is 5.44. The first-order chi connectivity index (χ1) is 30.0. The Balaban J connectivity index is 3.48. The molecule has 0 aromatic heterocycles. The van der Waals surface area contributed by atoms with E-state index in [4.69, 9.17) is 4.74 Å². The number of rotatable bonds is 50. The standard InChI is InChI=1S/C55H105NO5/c1-3-5-7-9-11-13-15-24-27-31-35-39-43-47-53(58)52(51-57)56-54(59)48-44-40-36-32-28-25-22-20-18-17-19-21-23-26-30-34-38-42-46-50-61-55(60)49-45-41-37-33-29-16-14-12-10-8-6-4-2/h21,23,26,30,52-53,57-58H,3-20,22,24-25,27-29,31-51H2,1-2H3,(H,56,59)/b23-21-,30-26-. The SMILES string of the molecule is CCCCCCCCCCCCCCCC(O)C(CO)NC(=O)CCCCCCCCCCCC/C=C\C=C/CCCCCOC(=O)CCCCCCCCCCCCCC. The lowest BCUT2D eigenvalue weighted by atomic mass is 10.0. The van der Waals surface area contributed by atoms with Crippen LogP contribution >= 0.6 is 0 Å². The average Bonchev–Trinajstić information content (AvgIpc) is 3.26. The summed E-state index contributed by atoms with van der Waals surface area (Å²) in [6, 6.07) is -0.548. The highest BCUT2D eigenvalue weighted by Gasteiger charge is 2.20. The zero-order valence-corrected chi connectivity index (χ0v) is 40.9. The molecular formula is C55H105NO5. The molecule has 0 rings (SSSR count). The summed E-state index contributed by atoms with van der Waals surface area (Å²) in [7, 11) is 0. The van der Waals surface area contributed by atoms with E-state index in [1.54, 1.807) is 0 Å². The van der Waals surface area contributed by atoms with E-state index in [9.17, 15) is 19.8 Å². The van der Waals surface area contributed by atoms with Gasteiger partial charge in [-0.05, 0) is 57.8 Å². The van der Waals surface area contributed by atoms with E-state index >= 15 is 0 Å². The highest BCUT2D eigenvalue weighted by molar-refractivity contribution is 5.76. The second-order valence-electron chi connectivity index (χ2n) is 18.6. The van der Waals surface area contributed by atoms with Gasteiger partial charge in [0, 0.05) is 12.8 Å². The first kappa shape index (κ1) is 59.3. The molecule has 0 bridgehead atoms. The number of esters is 1. The van der Waals surface area contributed by atoms with E-state index < -0.39 is 12.1 Å². The van der Waals surface area contributed by atoms with Crippen LogP contribution in [0.4, 0.5) is 0 Å². The fourth-order valence-corrected chi connectivity index (χ4v) is 8.34. The van der Waals surface area contributed by atoms with Gasteiger partial charge in [0.2, 0.25) is 5.91 Å². The van der Waals surface area contributed by atoms with Crippen molar-refractivity contribution in [3.8, 4) is 0 Å². The maximum atomic E-state index is 12.4. The van der Waals surface area contributed by atoms with E-state index in [0.717, 1.165) is 70.6 Å². The highest BCUT2D eigenvalue weighted by Crippen LogP contribution is 2.16. The maximum absolute atomic E-state index is 12.4. The van der Waals surface area contributed by atoms with E-state index in [1.165, 1.54) is 186 Å². The zero-order chi connectivity index (χ0) is 44.4. The Kier molecular flexibility index (Phi) is 49.6. The van der Waals surface area contributed by atoms with Crippen molar-refractivity contribution < 1.29 is 24.5 Å². The predicted octanol–water partition coefficient (Wildman–Crippen LogP) is 16.3. The Morgan fingerprint density at radius 3 is 1.21 bits per heavy atom. The smallest absolute Gasteiger partial charge is 0.305 e. The Morgan fingerprint density at radius 1 is 0.459 bits per heavy atom. The highest BCUT2D eigenvalue weighted by atomic mass is 16.5. The molecule has 0 aromatic carbocycles. The number of amides is 1. The van der Waals surface area contributed by atoms with Crippen molar-refractivity contribution in [2.75, 3.05) is 13.2 Å². The van der Waals surface area contributed by atoms with Gasteiger partial charge in [-0.2, -0.15) is 0 Å². The fraction of sp³-hybridized carbons (Fsp3) is 0.891. The van der Waals surface area contributed by atoms with Crippen LogP contribution < -0.4 is 5.32 Å². The molecule has 6 heteroatoms. The molecule has 1 amide bonds. The van der Waals surface area contributed by atoms with Crippen LogP contribution in [0.5, 0.6) is 0 Å². The van der Waals surface area contributed by atoms with Crippen LogP contribution in [0.15, 0.2) is 24.3 Å². The monoisotopic (exact) mass is 860 g/mol. The molecule has 360 valence electrons. The van der Waals surface area contributed by atoms with Gasteiger partial charge >= 0.3 is 5.97 Å². The van der Waals surface area contributed by atoms with E-state index in [0.29, 0.717) is 25.9 Å². The lowest BCUT2D eigenvalue weighted by Crippen LogP contribution is -2.45. The van der Waals surface area contributed by atoms with Gasteiger partial charge in [-0.15, -0.1) is 0 Å². The van der Waals surface area contributed by atoms with E-state index in [1.807, 2.05) is 0 Å². The van der Waals surface area contributed by atoms with Gasteiger partial charge in [0.25, 0.3) is 0 Å². The minimum Gasteiger partial charge on any atom is -0.466 e. The van der Waals surface area contributed by atoms with Crippen molar-refractivity contribution >= 4 is 11.9 Å². The van der Waals surface area contributed by atoms with Crippen molar-refractivity contribution in [1.82, 2.24) is 5.32 Å². The summed E-state index contributed by atoms with van der Waals surface area (Å²) in [4.78, 5) is 24.4. The maximum Gasteiger partial charge on any atom is 0.305 e. The van der Waals surface area contributed by atoms with Crippen LogP contribution in [-0.4, -0.2) is 47.4 Å². The second-order valence-corrected chi connectivity index (χ2v) is 18.6. The van der Waals surface area contributed by atoms with Gasteiger partial charge in [-0.25, -0.2) is 0 Å². The molecule has 0 fully saturated rings. The summed E-state index contributed by atoms with van der Waals surface area (Å²) >= 11 is 0. The van der Waals surface area contributed by atoms with Gasteiger partial charge in [-0.3, -0.25) is 9.59 Å². The molecule has 0 radical (unpaired) electrons. The molecule has 3 N–H and O–H groups in total. The van der Waals surface area contributed by atoms with Gasteiger partial charge in [0.15, 0.2) is 0 Å². The van der Waals surface area contributed by atoms with Gasteiger partial charge in [0.1, 0.15) is 0 Å². The molecule has 0 aliphatic rings. The van der Waals surface area contributed by atoms with Crippen LogP contribution in [0.2, 0.25) is 0 Å². The molecule has 0 saturated heterocycles. The normalized spacial score (nSPS) is 12.8. The summed E-state index contributed by atoms with van der Waals surface area (Å²) in [6.07, 6.45) is 60.1. The molecule has 0 aliphatic carbocycles. The van der Waals surface area contributed by atoms with Crippen molar-refractivity contribution in [3.05, 3.63) is 24.3 Å². The van der Waals surface area contributed by atoms with Gasteiger partial charge < -0.3 is 20.3 Å².